The molecule has 0 aromatic heterocycles. The van der Waals surface area contributed by atoms with Gasteiger partial charge in [0.05, 0.1) is 19.3 Å². The molecule has 0 aliphatic carbocycles. The second-order valence-corrected chi connectivity index (χ2v) is 6.28. The smallest absolute Gasteiger partial charge is 0.343 e. The van der Waals surface area contributed by atoms with Crippen LogP contribution in [0.2, 0.25) is 0 Å². The van der Waals surface area contributed by atoms with Crippen LogP contribution in [0.1, 0.15) is 12.5 Å². The fourth-order valence-electron chi connectivity index (χ4n) is 3.00. The number of rotatable bonds is 7. The molecule has 7 heteroatoms. The van der Waals surface area contributed by atoms with Gasteiger partial charge < -0.3 is 9.64 Å². The monoisotopic (exact) mass is 368 g/mol. The molecular weight excluding hydrogens is 346 g/mol. The van der Waals surface area contributed by atoms with Gasteiger partial charge in [-0.25, -0.2) is 14.6 Å². The van der Waals surface area contributed by atoms with Crippen LogP contribution in [-0.2, 0) is 16.1 Å². The van der Waals surface area contributed by atoms with E-state index in [-0.39, 0.29) is 6.67 Å². The Hall–Kier alpha value is -3.19. The van der Waals surface area contributed by atoms with Crippen LogP contribution in [0.5, 0.6) is 5.75 Å². The van der Waals surface area contributed by atoms with Crippen LogP contribution in [0.25, 0.3) is 0 Å². The summed E-state index contributed by atoms with van der Waals surface area (Å²) in [5.74, 6) is -1.03. The number of amides is 4. The standard InChI is InChI=1S/C20H21N3O4/c1-3-21(13-15-7-5-4-6-8-15)14-22-18(24)19(25)23(20(22)26)16-9-11-17(27-2)12-10-16/h4-12H,3,13-14H2,1-2H3/p+1. The third-order valence-corrected chi connectivity index (χ3v) is 4.56. The van der Waals surface area contributed by atoms with Crippen molar-refractivity contribution in [3.63, 3.8) is 0 Å². The van der Waals surface area contributed by atoms with Gasteiger partial charge in [-0.15, -0.1) is 0 Å². The van der Waals surface area contributed by atoms with Gasteiger partial charge in [0, 0.05) is 5.56 Å². The molecule has 2 aromatic carbocycles. The fourth-order valence-corrected chi connectivity index (χ4v) is 3.00. The van der Waals surface area contributed by atoms with E-state index < -0.39 is 17.8 Å². The van der Waals surface area contributed by atoms with Crippen LogP contribution in [0.4, 0.5) is 10.5 Å². The highest BCUT2D eigenvalue weighted by Gasteiger charge is 2.46. The lowest BCUT2D eigenvalue weighted by atomic mass is 10.2. The minimum Gasteiger partial charge on any atom is -0.497 e. The van der Waals surface area contributed by atoms with Crippen molar-refractivity contribution in [2.45, 2.75) is 13.5 Å². The minimum absolute atomic E-state index is 0.140. The minimum atomic E-state index is -0.833. The van der Waals surface area contributed by atoms with Crippen molar-refractivity contribution in [3.05, 3.63) is 60.2 Å². The SMILES string of the molecule is CC[NH+](Cc1ccccc1)CN1C(=O)C(=O)N(c2ccc(OC)cc2)C1=O. The van der Waals surface area contributed by atoms with Crippen molar-refractivity contribution in [1.29, 1.82) is 0 Å². The third-order valence-electron chi connectivity index (χ3n) is 4.56. The molecule has 4 amide bonds. The summed E-state index contributed by atoms with van der Waals surface area (Å²) >= 11 is 0. The summed E-state index contributed by atoms with van der Waals surface area (Å²) in [5, 5.41) is 0. The number of carbonyl (C=O) groups is 3. The van der Waals surface area contributed by atoms with E-state index in [9.17, 15) is 14.4 Å². The molecule has 1 aliphatic rings. The molecular formula is C20H22N3O4+. The topological polar surface area (TPSA) is 71.4 Å². The molecule has 1 fully saturated rings. The molecule has 1 N–H and O–H groups in total. The van der Waals surface area contributed by atoms with Crippen LogP contribution >= 0.6 is 0 Å². The molecule has 3 rings (SSSR count). The maximum Gasteiger partial charge on any atom is 0.343 e. The van der Waals surface area contributed by atoms with Gasteiger partial charge in [0.2, 0.25) is 0 Å². The molecule has 1 heterocycles. The van der Waals surface area contributed by atoms with Gasteiger partial charge in [0.25, 0.3) is 0 Å². The molecule has 0 radical (unpaired) electrons. The zero-order valence-electron chi connectivity index (χ0n) is 15.3. The summed E-state index contributed by atoms with van der Waals surface area (Å²) in [7, 11) is 1.53. The van der Waals surface area contributed by atoms with Crippen LogP contribution in [-0.4, -0.2) is 43.1 Å². The lowest BCUT2D eigenvalue weighted by Gasteiger charge is -2.22. The first kappa shape index (κ1) is 18.6. The summed E-state index contributed by atoms with van der Waals surface area (Å²) in [6.07, 6.45) is 0. The molecule has 0 bridgehead atoms. The Morgan fingerprint density at radius 1 is 0.926 bits per heavy atom. The van der Waals surface area contributed by atoms with Crippen molar-refractivity contribution < 1.29 is 24.0 Å². The van der Waals surface area contributed by atoms with E-state index in [2.05, 4.69) is 0 Å². The van der Waals surface area contributed by atoms with Crippen molar-refractivity contribution >= 4 is 23.5 Å². The van der Waals surface area contributed by atoms with E-state index in [4.69, 9.17) is 4.74 Å². The lowest BCUT2D eigenvalue weighted by Crippen LogP contribution is -3.12. The first-order chi connectivity index (χ1) is 13.0. The number of urea groups is 1. The Morgan fingerprint density at radius 2 is 1.59 bits per heavy atom. The lowest BCUT2D eigenvalue weighted by molar-refractivity contribution is -0.919. The Bertz CT molecular complexity index is 836. The molecule has 1 aliphatic heterocycles. The average Bonchev–Trinajstić information content (AvgIpc) is 2.91. The predicted octanol–water partition coefficient (Wildman–Crippen LogP) is 1.05. The van der Waals surface area contributed by atoms with Gasteiger partial charge in [-0.05, 0) is 31.2 Å². The van der Waals surface area contributed by atoms with Crippen molar-refractivity contribution in [2.75, 3.05) is 25.2 Å². The highest BCUT2D eigenvalue weighted by Crippen LogP contribution is 2.24. The first-order valence-electron chi connectivity index (χ1n) is 8.76. The van der Waals surface area contributed by atoms with Gasteiger partial charge >= 0.3 is 17.8 Å². The summed E-state index contributed by atoms with van der Waals surface area (Å²) in [6, 6.07) is 15.7. The Morgan fingerprint density at radius 3 is 2.19 bits per heavy atom. The van der Waals surface area contributed by atoms with Crippen LogP contribution in [0, 0.1) is 0 Å². The highest BCUT2D eigenvalue weighted by molar-refractivity contribution is 6.52. The van der Waals surface area contributed by atoms with E-state index in [0.29, 0.717) is 24.5 Å². The van der Waals surface area contributed by atoms with Gasteiger partial charge in [0.15, 0.2) is 6.67 Å². The number of ether oxygens (including phenoxy) is 1. The summed E-state index contributed by atoms with van der Waals surface area (Å²) < 4.78 is 5.08. The molecule has 0 saturated carbocycles. The first-order valence-corrected chi connectivity index (χ1v) is 8.76. The summed E-state index contributed by atoms with van der Waals surface area (Å²) in [5.41, 5.74) is 1.45. The maximum atomic E-state index is 12.8. The highest BCUT2D eigenvalue weighted by atomic mass is 16.5. The molecule has 7 nitrogen and oxygen atoms in total. The molecule has 1 unspecified atom stereocenters. The number of anilines is 1. The fraction of sp³-hybridized carbons (Fsp3) is 0.250. The molecule has 0 spiro atoms. The van der Waals surface area contributed by atoms with Gasteiger partial charge in [0.1, 0.15) is 12.3 Å². The van der Waals surface area contributed by atoms with E-state index in [1.54, 1.807) is 24.3 Å². The summed E-state index contributed by atoms with van der Waals surface area (Å²) in [6.45, 7) is 3.49. The van der Waals surface area contributed by atoms with Crippen LogP contribution in [0.3, 0.4) is 0 Å². The Labute approximate surface area is 157 Å². The largest absolute Gasteiger partial charge is 0.497 e. The molecule has 1 saturated heterocycles. The number of hydrogen-bond donors (Lipinski definition) is 1. The van der Waals surface area contributed by atoms with Crippen LogP contribution < -0.4 is 14.5 Å². The van der Waals surface area contributed by atoms with Crippen LogP contribution in [0.15, 0.2) is 54.6 Å². The Balaban J connectivity index is 1.76. The Kier molecular flexibility index (Phi) is 5.52. The van der Waals surface area contributed by atoms with E-state index in [1.165, 1.54) is 7.11 Å². The van der Waals surface area contributed by atoms with E-state index in [0.717, 1.165) is 20.3 Å². The number of methoxy groups -OCH3 is 1. The van der Waals surface area contributed by atoms with Crippen molar-refractivity contribution in [1.82, 2.24) is 4.90 Å². The van der Waals surface area contributed by atoms with E-state index >= 15 is 0 Å². The quantitative estimate of drug-likeness (QED) is 0.586. The second-order valence-electron chi connectivity index (χ2n) is 6.28. The van der Waals surface area contributed by atoms with Gasteiger partial charge in [-0.1, -0.05) is 30.3 Å². The molecule has 1 atom stereocenters. The number of nitrogens with zero attached hydrogens (tertiary/aromatic N) is 2. The normalized spacial score (nSPS) is 15.4. The number of carbonyl (C=O) groups excluding carboxylic acids is 3. The number of imide groups is 2. The number of hydrogen-bond acceptors (Lipinski definition) is 4. The van der Waals surface area contributed by atoms with Gasteiger partial charge in [-0.3, -0.25) is 9.59 Å². The van der Waals surface area contributed by atoms with Crippen molar-refractivity contribution in [3.8, 4) is 5.75 Å². The molecule has 140 valence electrons. The number of quaternary nitrogens is 1. The predicted molar refractivity (Wildman–Crippen MR) is 99.2 cm³/mol. The van der Waals surface area contributed by atoms with Gasteiger partial charge in [-0.2, -0.15) is 0 Å². The molecule has 27 heavy (non-hydrogen) atoms. The average molecular weight is 368 g/mol. The second kappa shape index (κ2) is 8.01. The number of benzene rings is 2. The van der Waals surface area contributed by atoms with Crippen molar-refractivity contribution in [2.24, 2.45) is 0 Å². The van der Waals surface area contributed by atoms with E-state index in [1.807, 2.05) is 37.3 Å². The zero-order valence-corrected chi connectivity index (χ0v) is 15.3. The number of nitrogens with one attached hydrogen (secondary N) is 1. The summed E-state index contributed by atoms with van der Waals surface area (Å²) in [4.78, 5) is 40.5. The maximum absolute atomic E-state index is 12.8. The zero-order chi connectivity index (χ0) is 19.4. The third kappa shape index (κ3) is 3.83. The molecule has 2 aromatic rings.